The first-order valence-electron chi connectivity index (χ1n) is 5.81. The summed E-state index contributed by atoms with van der Waals surface area (Å²) in [6, 6.07) is 11.1. The van der Waals surface area contributed by atoms with Crippen LogP contribution >= 0.6 is 27.5 Å². The number of carbonyl (C=O) groups is 1. The Balaban J connectivity index is 2.31. The van der Waals surface area contributed by atoms with E-state index in [4.69, 9.17) is 11.6 Å². The smallest absolute Gasteiger partial charge is 0.256 e. The normalized spacial score (nSPS) is 10.3. The van der Waals surface area contributed by atoms with E-state index in [1.807, 2.05) is 32.0 Å². The first-order valence-corrected chi connectivity index (χ1v) is 6.99. The van der Waals surface area contributed by atoms with Crippen molar-refractivity contribution in [2.45, 2.75) is 13.8 Å². The Labute approximate surface area is 125 Å². The van der Waals surface area contributed by atoms with Crippen LogP contribution in [0.1, 0.15) is 21.5 Å². The van der Waals surface area contributed by atoms with Gasteiger partial charge in [0.15, 0.2) is 0 Å². The van der Waals surface area contributed by atoms with Crippen LogP contribution in [0.2, 0.25) is 5.02 Å². The number of hydrogen-bond donors (Lipinski definition) is 1. The van der Waals surface area contributed by atoms with Crippen LogP contribution in [0.25, 0.3) is 0 Å². The van der Waals surface area contributed by atoms with Crippen LogP contribution in [0, 0.1) is 13.8 Å². The van der Waals surface area contributed by atoms with Gasteiger partial charge in [-0.2, -0.15) is 0 Å². The fourth-order valence-electron chi connectivity index (χ4n) is 1.95. The molecule has 2 aromatic rings. The Hall–Kier alpha value is -1.32. The maximum absolute atomic E-state index is 12.3. The molecular formula is C15H13BrClNO. The fraction of sp³-hybridized carbons (Fsp3) is 0.133. The highest BCUT2D eigenvalue weighted by molar-refractivity contribution is 9.10. The molecule has 1 amide bonds. The van der Waals surface area contributed by atoms with Crippen molar-refractivity contribution < 1.29 is 4.79 Å². The van der Waals surface area contributed by atoms with Gasteiger partial charge in [0.2, 0.25) is 0 Å². The molecule has 0 heterocycles. The molecule has 2 aromatic carbocycles. The van der Waals surface area contributed by atoms with Crippen molar-refractivity contribution >= 4 is 39.1 Å². The van der Waals surface area contributed by atoms with Crippen LogP contribution in [0.4, 0.5) is 5.69 Å². The van der Waals surface area contributed by atoms with E-state index in [9.17, 15) is 4.79 Å². The van der Waals surface area contributed by atoms with Gasteiger partial charge in [-0.15, -0.1) is 0 Å². The van der Waals surface area contributed by atoms with E-state index in [-0.39, 0.29) is 5.91 Å². The van der Waals surface area contributed by atoms with Crippen molar-refractivity contribution in [2.75, 3.05) is 5.32 Å². The molecule has 0 spiro atoms. The summed E-state index contributed by atoms with van der Waals surface area (Å²) < 4.78 is 0.764. The molecule has 0 bridgehead atoms. The average Bonchev–Trinajstić information content (AvgIpc) is 2.32. The van der Waals surface area contributed by atoms with Crippen LogP contribution in [0.5, 0.6) is 0 Å². The molecule has 0 fully saturated rings. The predicted octanol–water partition coefficient (Wildman–Crippen LogP) is 4.97. The summed E-state index contributed by atoms with van der Waals surface area (Å²) in [5.41, 5.74) is 3.34. The molecule has 0 unspecified atom stereocenters. The Morgan fingerprint density at radius 3 is 2.37 bits per heavy atom. The van der Waals surface area contributed by atoms with Crippen molar-refractivity contribution in [1.82, 2.24) is 0 Å². The first-order chi connectivity index (χ1) is 8.99. The summed E-state index contributed by atoms with van der Waals surface area (Å²) in [4.78, 5) is 12.3. The molecule has 4 heteroatoms. The van der Waals surface area contributed by atoms with Crippen LogP contribution < -0.4 is 5.32 Å². The molecule has 0 radical (unpaired) electrons. The number of nitrogens with one attached hydrogen (secondary N) is 1. The zero-order valence-corrected chi connectivity index (χ0v) is 13.0. The van der Waals surface area contributed by atoms with E-state index in [0.717, 1.165) is 15.6 Å². The van der Waals surface area contributed by atoms with Crippen LogP contribution in [0.15, 0.2) is 40.9 Å². The van der Waals surface area contributed by atoms with Gasteiger partial charge in [-0.05, 0) is 59.1 Å². The third kappa shape index (κ3) is 3.17. The zero-order valence-electron chi connectivity index (χ0n) is 10.6. The maximum Gasteiger partial charge on any atom is 0.256 e. The molecule has 19 heavy (non-hydrogen) atoms. The average molecular weight is 339 g/mol. The van der Waals surface area contributed by atoms with E-state index in [0.29, 0.717) is 16.3 Å². The van der Waals surface area contributed by atoms with Crippen LogP contribution in [-0.2, 0) is 0 Å². The predicted molar refractivity (Wildman–Crippen MR) is 83.0 cm³/mol. The van der Waals surface area contributed by atoms with E-state index in [1.54, 1.807) is 18.2 Å². The number of hydrogen-bond acceptors (Lipinski definition) is 1. The lowest BCUT2D eigenvalue weighted by Gasteiger charge is -2.11. The summed E-state index contributed by atoms with van der Waals surface area (Å²) in [5.74, 6) is -0.112. The number of amides is 1. The minimum Gasteiger partial charge on any atom is -0.321 e. The number of carbonyl (C=O) groups excluding carboxylic acids is 1. The van der Waals surface area contributed by atoms with Crippen molar-refractivity contribution in [2.24, 2.45) is 0 Å². The monoisotopic (exact) mass is 337 g/mol. The number of benzene rings is 2. The molecule has 0 aliphatic heterocycles. The molecule has 2 rings (SSSR count). The second-order valence-electron chi connectivity index (χ2n) is 4.35. The number of anilines is 1. The lowest BCUT2D eigenvalue weighted by Crippen LogP contribution is -2.15. The standard InChI is InChI=1S/C15H13BrClNO/c1-9-4-3-5-10(2)14(9)15(19)18-13-7-6-11(17)8-12(13)16/h3-8H,1-2H3,(H,18,19). The summed E-state index contributed by atoms with van der Waals surface area (Å²) >= 11 is 9.26. The molecule has 98 valence electrons. The lowest BCUT2D eigenvalue weighted by atomic mass is 10.0. The summed E-state index contributed by atoms with van der Waals surface area (Å²) in [5, 5.41) is 3.51. The van der Waals surface area contributed by atoms with Gasteiger partial charge >= 0.3 is 0 Å². The number of aryl methyl sites for hydroxylation is 2. The molecule has 0 aromatic heterocycles. The number of rotatable bonds is 2. The van der Waals surface area contributed by atoms with E-state index < -0.39 is 0 Å². The van der Waals surface area contributed by atoms with E-state index in [1.165, 1.54) is 0 Å². The first kappa shape index (κ1) is 14.1. The zero-order chi connectivity index (χ0) is 14.0. The topological polar surface area (TPSA) is 29.1 Å². The molecule has 0 saturated heterocycles. The Morgan fingerprint density at radius 2 is 1.79 bits per heavy atom. The molecular weight excluding hydrogens is 326 g/mol. The third-order valence-corrected chi connectivity index (χ3v) is 3.78. The van der Waals surface area contributed by atoms with Crippen LogP contribution in [-0.4, -0.2) is 5.91 Å². The largest absolute Gasteiger partial charge is 0.321 e. The third-order valence-electron chi connectivity index (χ3n) is 2.89. The van der Waals surface area contributed by atoms with Gasteiger partial charge in [-0.1, -0.05) is 29.8 Å². The molecule has 1 N–H and O–H groups in total. The van der Waals surface area contributed by atoms with E-state index in [2.05, 4.69) is 21.2 Å². The van der Waals surface area contributed by atoms with Gasteiger partial charge in [0.1, 0.15) is 0 Å². The van der Waals surface area contributed by atoms with Crippen LogP contribution in [0.3, 0.4) is 0 Å². The lowest BCUT2D eigenvalue weighted by molar-refractivity contribution is 0.102. The van der Waals surface area contributed by atoms with Gasteiger partial charge in [-0.3, -0.25) is 4.79 Å². The fourth-order valence-corrected chi connectivity index (χ4v) is 2.73. The summed E-state index contributed by atoms with van der Waals surface area (Å²) in [6.45, 7) is 3.86. The van der Waals surface area contributed by atoms with E-state index >= 15 is 0 Å². The van der Waals surface area contributed by atoms with Gasteiger partial charge in [0.05, 0.1) is 5.69 Å². The Bertz CT molecular complexity index is 620. The highest BCUT2D eigenvalue weighted by atomic mass is 79.9. The van der Waals surface area contributed by atoms with Crippen molar-refractivity contribution in [3.8, 4) is 0 Å². The SMILES string of the molecule is Cc1cccc(C)c1C(=O)Nc1ccc(Cl)cc1Br. The molecule has 0 aliphatic rings. The second kappa shape index (κ2) is 5.76. The Morgan fingerprint density at radius 1 is 1.16 bits per heavy atom. The molecule has 0 atom stereocenters. The van der Waals surface area contributed by atoms with Crippen molar-refractivity contribution in [3.05, 3.63) is 62.6 Å². The molecule has 0 aliphatic carbocycles. The highest BCUT2D eigenvalue weighted by Crippen LogP contribution is 2.27. The van der Waals surface area contributed by atoms with Gasteiger partial charge in [0.25, 0.3) is 5.91 Å². The molecule has 0 saturated carbocycles. The summed E-state index contributed by atoms with van der Waals surface area (Å²) in [6.07, 6.45) is 0. The van der Waals surface area contributed by atoms with Crippen molar-refractivity contribution in [1.29, 1.82) is 0 Å². The Kier molecular flexibility index (Phi) is 4.27. The second-order valence-corrected chi connectivity index (χ2v) is 5.64. The number of halogens is 2. The minimum atomic E-state index is -0.112. The highest BCUT2D eigenvalue weighted by Gasteiger charge is 2.13. The van der Waals surface area contributed by atoms with Crippen molar-refractivity contribution in [3.63, 3.8) is 0 Å². The van der Waals surface area contributed by atoms with Gasteiger partial charge in [0, 0.05) is 15.1 Å². The maximum atomic E-state index is 12.3. The minimum absolute atomic E-state index is 0.112. The molecule has 2 nitrogen and oxygen atoms in total. The summed E-state index contributed by atoms with van der Waals surface area (Å²) in [7, 11) is 0. The van der Waals surface area contributed by atoms with Gasteiger partial charge < -0.3 is 5.32 Å². The van der Waals surface area contributed by atoms with Gasteiger partial charge in [-0.25, -0.2) is 0 Å². The quantitative estimate of drug-likeness (QED) is 0.823.